The Morgan fingerprint density at radius 2 is 2.38 bits per heavy atom. The fraction of sp³-hybridized carbons (Fsp3) is 0.700. The molecule has 3 N–H and O–H groups in total. The van der Waals surface area contributed by atoms with Gasteiger partial charge in [-0.2, -0.15) is 5.10 Å². The molecule has 13 heavy (non-hydrogen) atoms. The molecule has 3 heteroatoms. The third-order valence-corrected chi connectivity index (χ3v) is 2.70. The molecule has 1 saturated carbocycles. The molecular weight excluding hydrogens is 162 g/mol. The van der Waals surface area contributed by atoms with Gasteiger partial charge >= 0.3 is 0 Å². The zero-order valence-corrected chi connectivity index (χ0v) is 8.30. The molecule has 1 aliphatic carbocycles. The summed E-state index contributed by atoms with van der Waals surface area (Å²) in [6, 6.07) is 2.04. The van der Waals surface area contributed by atoms with Gasteiger partial charge in [-0.25, -0.2) is 0 Å². The summed E-state index contributed by atoms with van der Waals surface area (Å²) in [7, 11) is 0. The largest absolute Gasteiger partial charge is 0.320 e. The Bertz CT molecular complexity index is 297. The Balaban J connectivity index is 2.12. The van der Waals surface area contributed by atoms with Crippen LogP contribution < -0.4 is 5.73 Å². The lowest BCUT2D eigenvalue weighted by atomic mass is 9.92. The highest BCUT2D eigenvalue weighted by atomic mass is 15.1. The van der Waals surface area contributed by atoms with E-state index in [2.05, 4.69) is 17.1 Å². The van der Waals surface area contributed by atoms with Crippen molar-refractivity contribution in [1.82, 2.24) is 10.2 Å². The molecule has 1 fully saturated rings. The van der Waals surface area contributed by atoms with Crippen molar-refractivity contribution in [1.29, 1.82) is 0 Å². The van der Waals surface area contributed by atoms with Crippen molar-refractivity contribution in [2.45, 2.75) is 38.6 Å². The van der Waals surface area contributed by atoms with Crippen molar-refractivity contribution in [2.24, 2.45) is 11.7 Å². The van der Waals surface area contributed by atoms with E-state index in [0.717, 1.165) is 23.7 Å². The minimum atomic E-state index is -0.244. The van der Waals surface area contributed by atoms with Crippen LogP contribution >= 0.6 is 0 Å². The molecule has 0 unspecified atom stereocenters. The monoisotopic (exact) mass is 179 g/mol. The molecule has 0 amide bonds. The number of aromatic nitrogens is 2. The van der Waals surface area contributed by atoms with E-state index in [1.54, 1.807) is 0 Å². The summed E-state index contributed by atoms with van der Waals surface area (Å²) in [5, 5.41) is 7.16. The smallest absolute Gasteiger partial charge is 0.0820 e. The molecule has 0 radical (unpaired) electrons. The van der Waals surface area contributed by atoms with Gasteiger partial charge in [-0.1, -0.05) is 12.8 Å². The molecule has 0 saturated heterocycles. The zero-order chi connectivity index (χ0) is 9.47. The first-order valence-corrected chi connectivity index (χ1v) is 4.89. The van der Waals surface area contributed by atoms with E-state index in [1.807, 2.05) is 13.0 Å². The molecule has 0 spiro atoms. The zero-order valence-electron chi connectivity index (χ0n) is 8.30. The number of hydrogen-bond donors (Lipinski definition) is 2. The van der Waals surface area contributed by atoms with Crippen LogP contribution in [0, 0.1) is 12.8 Å². The van der Waals surface area contributed by atoms with Gasteiger partial charge < -0.3 is 5.73 Å². The Kier molecular flexibility index (Phi) is 1.91. The van der Waals surface area contributed by atoms with E-state index in [9.17, 15) is 0 Å². The van der Waals surface area contributed by atoms with Crippen molar-refractivity contribution in [3.8, 4) is 0 Å². The normalized spacial score (nSPS) is 21.5. The first-order valence-electron chi connectivity index (χ1n) is 4.89. The highest BCUT2D eigenvalue weighted by molar-refractivity contribution is 5.16. The van der Waals surface area contributed by atoms with E-state index >= 15 is 0 Å². The van der Waals surface area contributed by atoms with E-state index < -0.39 is 0 Å². The molecule has 0 aliphatic heterocycles. The third kappa shape index (κ3) is 1.91. The van der Waals surface area contributed by atoms with Gasteiger partial charge in [0.15, 0.2) is 0 Å². The van der Waals surface area contributed by atoms with Crippen LogP contribution in [-0.4, -0.2) is 10.2 Å². The summed E-state index contributed by atoms with van der Waals surface area (Å²) in [5.74, 6) is 0.840. The van der Waals surface area contributed by atoms with Crippen molar-refractivity contribution >= 4 is 0 Å². The highest BCUT2D eigenvalue weighted by Crippen LogP contribution is 2.38. The van der Waals surface area contributed by atoms with Gasteiger partial charge in [0, 0.05) is 5.69 Å². The average Bonchev–Trinajstić information content (AvgIpc) is 2.70. The molecule has 1 aromatic heterocycles. The lowest BCUT2D eigenvalue weighted by Crippen LogP contribution is -2.34. The molecule has 0 aromatic carbocycles. The average molecular weight is 179 g/mol. The Labute approximate surface area is 78.7 Å². The van der Waals surface area contributed by atoms with Gasteiger partial charge in [0.05, 0.1) is 11.2 Å². The number of aryl methyl sites for hydroxylation is 1. The fourth-order valence-corrected chi connectivity index (χ4v) is 1.74. The minimum Gasteiger partial charge on any atom is -0.320 e. The van der Waals surface area contributed by atoms with E-state index in [4.69, 9.17) is 5.73 Å². The summed E-state index contributed by atoms with van der Waals surface area (Å²) in [6.45, 7) is 4.07. The van der Waals surface area contributed by atoms with Crippen LogP contribution in [0.2, 0.25) is 0 Å². The molecule has 3 nitrogen and oxygen atoms in total. The fourth-order valence-electron chi connectivity index (χ4n) is 1.74. The van der Waals surface area contributed by atoms with Crippen LogP contribution in [0.4, 0.5) is 0 Å². The van der Waals surface area contributed by atoms with Crippen molar-refractivity contribution in [3.63, 3.8) is 0 Å². The van der Waals surface area contributed by atoms with Gasteiger partial charge in [0.25, 0.3) is 0 Å². The first-order chi connectivity index (χ1) is 6.08. The number of nitrogens with one attached hydrogen (secondary N) is 1. The summed E-state index contributed by atoms with van der Waals surface area (Å²) in [6.07, 6.45) is 3.75. The standard InChI is InChI=1S/C10H17N3/c1-7-5-9(13-12-7)10(2,11)6-8-3-4-8/h5,8H,3-4,6,11H2,1-2H3,(H,12,13)/t10-/m1/s1. The summed E-state index contributed by atoms with van der Waals surface area (Å²) in [4.78, 5) is 0. The minimum absolute atomic E-state index is 0.244. The number of nitrogens with two attached hydrogens (primary N) is 1. The van der Waals surface area contributed by atoms with E-state index in [1.165, 1.54) is 12.8 Å². The maximum Gasteiger partial charge on any atom is 0.0820 e. The second-order valence-electron chi connectivity index (χ2n) is 4.50. The molecule has 1 atom stereocenters. The number of aromatic amines is 1. The Hall–Kier alpha value is -0.830. The molecule has 72 valence electrons. The maximum atomic E-state index is 6.21. The summed E-state index contributed by atoms with van der Waals surface area (Å²) in [5.41, 5.74) is 8.05. The first kappa shape index (κ1) is 8.75. The predicted octanol–water partition coefficient (Wildman–Crippen LogP) is 1.69. The molecule has 1 aromatic rings. The van der Waals surface area contributed by atoms with Crippen molar-refractivity contribution in [3.05, 3.63) is 17.5 Å². The van der Waals surface area contributed by atoms with Crippen LogP contribution in [-0.2, 0) is 5.54 Å². The van der Waals surface area contributed by atoms with Gasteiger partial charge in [-0.05, 0) is 32.3 Å². The topological polar surface area (TPSA) is 54.7 Å². The molecular formula is C10H17N3. The molecule has 1 heterocycles. The Morgan fingerprint density at radius 1 is 1.69 bits per heavy atom. The molecule has 0 bridgehead atoms. The van der Waals surface area contributed by atoms with Crippen LogP contribution in [0.5, 0.6) is 0 Å². The van der Waals surface area contributed by atoms with Gasteiger partial charge in [-0.15, -0.1) is 0 Å². The second kappa shape index (κ2) is 2.84. The SMILES string of the molecule is Cc1cc([C@](C)(N)CC2CC2)n[nH]1. The molecule has 1 aliphatic rings. The highest BCUT2D eigenvalue weighted by Gasteiger charge is 2.33. The lowest BCUT2D eigenvalue weighted by Gasteiger charge is -2.21. The van der Waals surface area contributed by atoms with Crippen LogP contribution in [0.25, 0.3) is 0 Å². The van der Waals surface area contributed by atoms with Crippen LogP contribution in [0.1, 0.15) is 37.6 Å². The number of hydrogen-bond acceptors (Lipinski definition) is 2. The van der Waals surface area contributed by atoms with E-state index in [-0.39, 0.29) is 5.54 Å². The van der Waals surface area contributed by atoms with Crippen molar-refractivity contribution < 1.29 is 0 Å². The van der Waals surface area contributed by atoms with Gasteiger partial charge in [0.1, 0.15) is 0 Å². The summed E-state index contributed by atoms with van der Waals surface area (Å²) < 4.78 is 0. The number of rotatable bonds is 3. The number of H-pyrrole nitrogens is 1. The summed E-state index contributed by atoms with van der Waals surface area (Å²) >= 11 is 0. The third-order valence-electron chi connectivity index (χ3n) is 2.70. The van der Waals surface area contributed by atoms with Gasteiger partial charge in [0.2, 0.25) is 0 Å². The second-order valence-corrected chi connectivity index (χ2v) is 4.50. The Morgan fingerprint density at radius 3 is 2.85 bits per heavy atom. The van der Waals surface area contributed by atoms with Crippen molar-refractivity contribution in [2.75, 3.05) is 0 Å². The molecule has 2 rings (SSSR count). The van der Waals surface area contributed by atoms with Gasteiger partial charge in [-0.3, -0.25) is 5.10 Å². The van der Waals surface area contributed by atoms with E-state index in [0.29, 0.717) is 0 Å². The van der Waals surface area contributed by atoms with Crippen LogP contribution in [0.3, 0.4) is 0 Å². The van der Waals surface area contributed by atoms with Crippen LogP contribution in [0.15, 0.2) is 6.07 Å². The number of nitrogens with zero attached hydrogens (tertiary/aromatic N) is 1. The predicted molar refractivity (Wildman–Crippen MR) is 52.2 cm³/mol. The lowest BCUT2D eigenvalue weighted by molar-refractivity contribution is 0.411. The quantitative estimate of drug-likeness (QED) is 0.742. The maximum absolute atomic E-state index is 6.21.